The quantitative estimate of drug-likeness (QED) is 0.795. The summed E-state index contributed by atoms with van der Waals surface area (Å²) >= 11 is 1.61. The van der Waals surface area contributed by atoms with Crippen LogP contribution in [0, 0.1) is 13.8 Å². The van der Waals surface area contributed by atoms with Crippen molar-refractivity contribution in [3.05, 3.63) is 45.5 Å². The Morgan fingerprint density at radius 1 is 1.33 bits per heavy atom. The minimum Gasteiger partial charge on any atom is -0.463 e. The summed E-state index contributed by atoms with van der Waals surface area (Å²) in [6.45, 7) is 5.99. The highest BCUT2D eigenvalue weighted by Crippen LogP contribution is 2.21. The summed E-state index contributed by atoms with van der Waals surface area (Å²) in [6, 6.07) is 5.20. The average molecular weight is 308 g/mol. The number of hydrogen-bond acceptors (Lipinski definition) is 4. The van der Waals surface area contributed by atoms with Crippen LogP contribution in [-0.2, 0) is 12.1 Å². The van der Waals surface area contributed by atoms with E-state index in [0.717, 1.165) is 10.6 Å². The lowest BCUT2D eigenvalue weighted by molar-refractivity contribution is 0.0360. The van der Waals surface area contributed by atoms with E-state index in [0.29, 0.717) is 12.3 Å². The van der Waals surface area contributed by atoms with Crippen LogP contribution in [0.5, 0.6) is 0 Å². The number of nitrogens with one attached hydrogen (secondary N) is 2. The van der Waals surface area contributed by atoms with Crippen molar-refractivity contribution < 1.29 is 14.3 Å². The Morgan fingerprint density at radius 2 is 2.10 bits per heavy atom. The van der Waals surface area contributed by atoms with Gasteiger partial charge in [0.2, 0.25) is 0 Å². The first-order chi connectivity index (χ1) is 9.88. The molecule has 1 atom stereocenters. The average Bonchev–Trinajstić information content (AvgIpc) is 3.03. The fraction of sp³-hybridized carbons (Fsp3) is 0.400. The maximum Gasteiger partial charge on any atom is 0.315 e. The van der Waals surface area contributed by atoms with Gasteiger partial charge in [-0.05, 0) is 49.9 Å². The smallest absolute Gasteiger partial charge is 0.315 e. The van der Waals surface area contributed by atoms with Crippen LogP contribution in [-0.4, -0.2) is 17.7 Å². The Labute approximate surface area is 128 Å². The fourth-order valence-corrected chi connectivity index (χ4v) is 2.72. The minimum absolute atomic E-state index is 0.0786. The van der Waals surface area contributed by atoms with E-state index in [4.69, 9.17) is 4.42 Å². The van der Waals surface area contributed by atoms with Crippen molar-refractivity contribution in [3.8, 4) is 0 Å². The second-order valence-corrected chi connectivity index (χ2v) is 6.25. The molecule has 5 nitrogen and oxygen atoms in total. The van der Waals surface area contributed by atoms with Crippen LogP contribution in [0.25, 0.3) is 0 Å². The summed E-state index contributed by atoms with van der Waals surface area (Å²) in [6.07, 6.45) is 0. The molecule has 0 saturated carbocycles. The maximum absolute atomic E-state index is 11.8. The molecule has 0 aliphatic rings. The van der Waals surface area contributed by atoms with Crippen molar-refractivity contribution in [3.63, 3.8) is 0 Å². The highest BCUT2D eigenvalue weighted by molar-refractivity contribution is 7.10. The normalized spacial score (nSPS) is 13.7. The van der Waals surface area contributed by atoms with Crippen molar-refractivity contribution in [2.45, 2.75) is 32.9 Å². The van der Waals surface area contributed by atoms with E-state index in [1.54, 1.807) is 30.4 Å². The Balaban J connectivity index is 1.82. The number of amides is 2. The largest absolute Gasteiger partial charge is 0.463 e. The summed E-state index contributed by atoms with van der Waals surface area (Å²) in [5.41, 5.74) is -0.0666. The van der Waals surface area contributed by atoms with E-state index in [2.05, 4.69) is 10.6 Å². The van der Waals surface area contributed by atoms with E-state index in [1.165, 1.54) is 5.56 Å². The van der Waals surface area contributed by atoms with Gasteiger partial charge in [0.1, 0.15) is 17.1 Å². The Kier molecular flexibility index (Phi) is 4.69. The van der Waals surface area contributed by atoms with Gasteiger partial charge in [-0.2, -0.15) is 0 Å². The van der Waals surface area contributed by atoms with Crippen LogP contribution in [0.3, 0.4) is 0 Å². The number of rotatable bonds is 5. The molecule has 0 aliphatic carbocycles. The number of hydrogen-bond donors (Lipinski definition) is 3. The number of furan rings is 1. The van der Waals surface area contributed by atoms with Crippen molar-refractivity contribution in [2.24, 2.45) is 0 Å². The molecule has 0 radical (unpaired) electrons. The SMILES string of the molecule is Cc1ccc(C(C)(O)CNC(=O)NCc2sccc2C)o1. The lowest BCUT2D eigenvalue weighted by Gasteiger charge is -2.21. The lowest BCUT2D eigenvalue weighted by atomic mass is 10.0. The number of thiophene rings is 1. The zero-order chi connectivity index (χ0) is 15.5. The highest BCUT2D eigenvalue weighted by atomic mass is 32.1. The van der Waals surface area contributed by atoms with Gasteiger partial charge in [-0.25, -0.2) is 4.79 Å². The fourth-order valence-electron chi connectivity index (χ4n) is 1.87. The Hall–Kier alpha value is -1.79. The Bertz CT molecular complexity index is 616. The predicted octanol–water partition coefficient (Wildman–Crippen LogP) is 2.66. The first-order valence-electron chi connectivity index (χ1n) is 6.72. The summed E-state index contributed by atoms with van der Waals surface area (Å²) in [7, 11) is 0. The zero-order valence-corrected chi connectivity index (χ0v) is 13.2. The number of aryl methyl sites for hydroxylation is 2. The van der Waals surface area contributed by atoms with Crippen molar-refractivity contribution in [2.75, 3.05) is 6.54 Å². The topological polar surface area (TPSA) is 74.5 Å². The van der Waals surface area contributed by atoms with Gasteiger partial charge in [-0.3, -0.25) is 0 Å². The van der Waals surface area contributed by atoms with Crippen LogP contribution in [0.4, 0.5) is 4.79 Å². The minimum atomic E-state index is -1.23. The third kappa shape index (κ3) is 4.09. The van der Waals surface area contributed by atoms with E-state index >= 15 is 0 Å². The zero-order valence-electron chi connectivity index (χ0n) is 12.4. The van der Waals surface area contributed by atoms with E-state index < -0.39 is 5.60 Å². The van der Waals surface area contributed by atoms with Crippen LogP contribution in [0.2, 0.25) is 0 Å². The molecule has 114 valence electrons. The second-order valence-electron chi connectivity index (χ2n) is 5.25. The predicted molar refractivity (Wildman–Crippen MR) is 82.3 cm³/mol. The van der Waals surface area contributed by atoms with Gasteiger partial charge in [0, 0.05) is 4.88 Å². The first kappa shape index (κ1) is 15.6. The van der Waals surface area contributed by atoms with Crippen LogP contribution >= 0.6 is 11.3 Å². The van der Waals surface area contributed by atoms with Gasteiger partial charge in [-0.1, -0.05) is 0 Å². The standard InChI is InChI=1S/C15H20N2O3S/c1-10-6-7-21-12(10)8-16-14(18)17-9-15(3,19)13-5-4-11(2)20-13/h4-7,19H,8-9H2,1-3H3,(H2,16,17,18). The van der Waals surface area contributed by atoms with Gasteiger partial charge in [0.15, 0.2) is 0 Å². The van der Waals surface area contributed by atoms with Gasteiger partial charge < -0.3 is 20.2 Å². The van der Waals surface area contributed by atoms with Crippen molar-refractivity contribution in [1.29, 1.82) is 0 Å². The third-order valence-corrected chi connectivity index (χ3v) is 4.27. The first-order valence-corrected chi connectivity index (χ1v) is 7.60. The molecule has 21 heavy (non-hydrogen) atoms. The van der Waals surface area contributed by atoms with Gasteiger partial charge >= 0.3 is 6.03 Å². The van der Waals surface area contributed by atoms with E-state index in [1.807, 2.05) is 25.3 Å². The van der Waals surface area contributed by atoms with Crippen LogP contribution < -0.4 is 10.6 Å². The lowest BCUT2D eigenvalue weighted by Crippen LogP contribution is -2.43. The number of carbonyl (C=O) groups excluding carboxylic acids is 1. The monoisotopic (exact) mass is 308 g/mol. The second kappa shape index (κ2) is 6.32. The van der Waals surface area contributed by atoms with Crippen molar-refractivity contribution in [1.82, 2.24) is 10.6 Å². The molecule has 0 saturated heterocycles. The summed E-state index contributed by atoms with van der Waals surface area (Å²) in [5.74, 6) is 1.16. The highest BCUT2D eigenvalue weighted by Gasteiger charge is 2.27. The van der Waals surface area contributed by atoms with E-state index in [-0.39, 0.29) is 12.6 Å². The molecule has 6 heteroatoms. The molecule has 0 aromatic carbocycles. The summed E-state index contributed by atoms with van der Waals surface area (Å²) < 4.78 is 5.40. The van der Waals surface area contributed by atoms with Crippen molar-refractivity contribution >= 4 is 17.4 Å². The molecule has 0 spiro atoms. The molecular weight excluding hydrogens is 288 g/mol. The molecule has 0 bridgehead atoms. The molecular formula is C15H20N2O3S. The summed E-state index contributed by atoms with van der Waals surface area (Å²) in [5, 5.41) is 17.7. The third-order valence-electron chi connectivity index (χ3n) is 3.24. The van der Waals surface area contributed by atoms with Gasteiger partial charge in [0.05, 0.1) is 13.1 Å². The number of urea groups is 1. The van der Waals surface area contributed by atoms with Gasteiger partial charge in [-0.15, -0.1) is 11.3 Å². The molecule has 0 fully saturated rings. The molecule has 2 aromatic rings. The Morgan fingerprint density at radius 3 is 2.67 bits per heavy atom. The van der Waals surface area contributed by atoms with E-state index in [9.17, 15) is 9.90 Å². The maximum atomic E-state index is 11.8. The molecule has 2 rings (SSSR count). The molecule has 2 amide bonds. The number of aliphatic hydroxyl groups is 1. The molecule has 2 aromatic heterocycles. The van der Waals surface area contributed by atoms with Crippen LogP contribution in [0.1, 0.15) is 28.9 Å². The molecule has 0 aliphatic heterocycles. The van der Waals surface area contributed by atoms with Gasteiger partial charge in [0.25, 0.3) is 0 Å². The number of carbonyl (C=O) groups is 1. The summed E-state index contributed by atoms with van der Waals surface area (Å²) in [4.78, 5) is 12.9. The molecule has 2 heterocycles. The van der Waals surface area contributed by atoms with Crippen LogP contribution in [0.15, 0.2) is 28.0 Å². The molecule has 1 unspecified atom stereocenters. The molecule has 3 N–H and O–H groups in total.